The maximum absolute atomic E-state index is 12.5. The number of carbonyl (C=O) groups excluding carboxylic acids is 2. The highest BCUT2D eigenvalue weighted by Crippen LogP contribution is 2.46. The number of benzene rings is 2. The molecule has 0 atom stereocenters. The Morgan fingerprint density at radius 1 is 0.906 bits per heavy atom. The van der Waals surface area contributed by atoms with Crippen molar-refractivity contribution < 1.29 is 24.2 Å². The van der Waals surface area contributed by atoms with Crippen LogP contribution in [0.15, 0.2) is 42.5 Å². The van der Waals surface area contributed by atoms with E-state index in [1.54, 1.807) is 12.1 Å². The third-order valence-electron chi connectivity index (χ3n) is 5.16. The number of hydrogen-bond acceptors (Lipinski definition) is 7. The Kier molecular flexibility index (Phi) is 6.93. The van der Waals surface area contributed by atoms with E-state index in [1.165, 1.54) is 37.5 Å². The van der Waals surface area contributed by atoms with Crippen molar-refractivity contribution in [2.24, 2.45) is 0 Å². The van der Waals surface area contributed by atoms with E-state index >= 15 is 0 Å². The van der Waals surface area contributed by atoms with Crippen molar-refractivity contribution in [3.05, 3.63) is 73.8 Å². The van der Waals surface area contributed by atoms with Crippen LogP contribution < -0.4 is 5.32 Å². The van der Waals surface area contributed by atoms with Gasteiger partial charge in [0.2, 0.25) is 5.91 Å². The van der Waals surface area contributed by atoms with Crippen molar-refractivity contribution in [3.8, 4) is 11.1 Å². The zero-order valence-corrected chi connectivity index (χ0v) is 17.3. The van der Waals surface area contributed by atoms with Crippen LogP contribution in [0.3, 0.4) is 0 Å². The van der Waals surface area contributed by atoms with Gasteiger partial charge in [0, 0.05) is 43.3 Å². The molecular weight excluding hydrogens is 418 g/mol. The number of non-ortho nitro benzene ring substituents is 2. The van der Waals surface area contributed by atoms with Crippen LogP contribution in [-0.4, -0.2) is 35.4 Å². The number of nitro groups is 2. The Hall–Kier alpha value is -4.08. The highest BCUT2D eigenvalue weighted by atomic mass is 16.6. The Balaban J connectivity index is 1.80. The molecular formula is C22H21N3O7. The highest BCUT2D eigenvalue weighted by Gasteiger charge is 2.28. The summed E-state index contributed by atoms with van der Waals surface area (Å²) >= 11 is 0. The number of unbranched alkanes of at least 4 members (excludes halogenated alkanes) is 2. The van der Waals surface area contributed by atoms with E-state index in [4.69, 9.17) is 0 Å². The standard InChI is InChI=1S/C22H21N3O7/c1-32-22(27)5-3-2-4-10-23-21(26)13-20-18-11-14(24(28)29)6-8-16(18)17-9-7-15(25(30)31)12-19(17)20/h6-9,11-13H,2-5,10H2,1H3,(H,23,26). The molecule has 0 aliphatic heterocycles. The summed E-state index contributed by atoms with van der Waals surface area (Å²) in [5, 5.41) is 25.2. The number of hydrogen-bond donors (Lipinski definition) is 1. The molecule has 0 fully saturated rings. The Labute approximate surface area is 183 Å². The Bertz CT molecular complexity index is 1060. The number of ether oxygens (including phenoxy) is 1. The van der Waals surface area contributed by atoms with Crippen LogP contribution >= 0.6 is 0 Å². The van der Waals surface area contributed by atoms with Gasteiger partial charge in [-0.1, -0.05) is 6.42 Å². The summed E-state index contributed by atoms with van der Waals surface area (Å²) < 4.78 is 4.57. The number of esters is 1. The summed E-state index contributed by atoms with van der Waals surface area (Å²) in [7, 11) is 1.33. The van der Waals surface area contributed by atoms with Crippen molar-refractivity contribution in [3.63, 3.8) is 0 Å². The monoisotopic (exact) mass is 439 g/mol. The van der Waals surface area contributed by atoms with Crippen LogP contribution in [0.2, 0.25) is 0 Å². The molecule has 2 aromatic rings. The van der Waals surface area contributed by atoms with Crippen LogP contribution in [-0.2, 0) is 14.3 Å². The smallest absolute Gasteiger partial charge is 0.305 e. The molecule has 0 spiro atoms. The predicted octanol–water partition coefficient (Wildman–Crippen LogP) is 3.76. The molecule has 0 radical (unpaired) electrons. The molecule has 166 valence electrons. The lowest BCUT2D eigenvalue weighted by atomic mass is 10.0. The molecule has 10 nitrogen and oxygen atoms in total. The van der Waals surface area contributed by atoms with Gasteiger partial charge in [-0.2, -0.15) is 0 Å². The number of nitro benzene ring substituents is 2. The molecule has 0 heterocycles. The summed E-state index contributed by atoms with van der Waals surface area (Å²) in [6, 6.07) is 8.62. The van der Waals surface area contributed by atoms with Gasteiger partial charge in [0.25, 0.3) is 11.4 Å². The quantitative estimate of drug-likeness (QED) is 0.176. The van der Waals surface area contributed by atoms with Crippen molar-refractivity contribution >= 4 is 28.8 Å². The van der Waals surface area contributed by atoms with Crippen LogP contribution in [0.1, 0.15) is 36.8 Å². The third kappa shape index (κ3) is 4.97. The summed E-state index contributed by atoms with van der Waals surface area (Å²) in [5.74, 6) is -0.690. The van der Waals surface area contributed by atoms with E-state index in [1.807, 2.05) is 0 Å². The van der Waals surface area contributed by atoms with Gasteiger partial charge in [-0.3, -0.25) is 29.8 Å². The summed E-state index contributed by atoms with van der Waals surface area (Å²) in [6.45, 7) is 0.382. The first-order valence-corrected chi connectivity index (χ1v) is 9.96. The van der Waals surface area contributed by atoms with Gasteiger partial charge in [-0.25, -0.2) is 0 Å². The average molecular weight is 439 g/mol. The fourth-order valence-electron chi connectivity index (χ4n) is 3.57. The number of nitrogens with one attached hydrogen (secondary N) is 1. The average Bonchev–Trinajstić information content (AvgIpc) is 3.08. The van der Waals surface area contributed by atoms with E-state index in [0.717, 1.165) is 6.42 Å². The minimum atomic E-state index is -0.530. The lowest BCUT2D eigenvalue weighted by Gasteiger charge is -2.05. The lowest BCUT2D eigenvalue weighted by molar-refractivity contribution is -0.385. The van der Waals surface area contributed by atoms with Crippen LogP contribution in [0.4, 0.5) is 11.4 Å². The number of carbonyl (C=O) groups is 2. The molecule has 2 aromatic carbocycles. The normalized spacial score (nSPS) is 11.3. The minimum Gasteiger partial charge on any atom is -0.469 e. The lowest BCUT2D eigenvalue weighted by Crippen LogP contribution is -2.22. The van der Waals surface area contributed by atoms with Gasteiger partial charge in [-0.15, -0.1) is 0 Å². The number of nitrogens with zero attached hydrogens (tertiary/aromatic N) is 2. The maximum Gasteiger partial charge on any atom is 0.305 e. The molecule has 0 aromatic heterocycles. The molecule has 32 heavy (non-hydrogen) atoms. The number of methoxy groups -OCH3 is 1. The first kappa shape index (κ1) is 22.6. The predicted molar refractivity (Wildman–Crippen MR) is 116 cm³/mol. The first-order chi connectivity index (χ1) is 15.3. The molecule has 1 aliphatic carbocycles. The van der Waals surface area contributed by atoms with Gasteiger partial charge in [0.05, 0.1) is 17.0 Å². The van der Waals surface area contributed by atoms with E-state index in [0.29, 0.717) is 53.6 Å². The van der Waals surface area contributed by atoms with E-state index in [2.05, 4.69) is 10.1 Å². The molecule has 0 bridgehead atoms. The van der Waals surface area contributed by atoms with Gasteiger partial charge >= 0.3 is 5.97 Å². The molecule has 0 saturated carbocycles. The zero-order chi connectivity index (χ0) is 23.3. The zero-order valence-electron chi connectivity index (χ0n) is 17.3. The second kappa shape index (κ2) is 9.82. The van der Waals surface area contributed by atoms with E-state index in [9.17, 15) is 29.8 Å². The molecule has 0 saturated heterocycles. The fraction of sp³-hybridized carbons (Fsp3) is 0.273. The Morgan fingerprint density at radius 2 is 1.47 bits per heavy atom. The van der Waals surface area contributed by atoms with Crippen molar-refractivity contribution in [1.29, 1.82) is 0 Å². The number of rotatable bonds is 9. The molecule has 3 rings (SSSR count). The second-order valence-corrected chi connectivity index (χ2v) is 7.21. The van der Waals surface area contributed by atoms with Crippen molar-refractivity contribution in [2.75, 3.05) is 13.7 Å². The molecule has 1 amide bonds. The van der Waals surface area contributed by atoms with Crippen molar-refractivity contribution in [1.82, 2.24) is 5.32 Å². The van der Waals surface area contributed by atoms with Gasteiger partial charge in [0.1, 0.15) is 0 Å². The third-order valence-corrected chi connectivity index (χ3v) is 5.16. The van der Waals surface area contributed by atoms with Crippen molar-refractivity contribution in [2.45, 2.75) is 25.7 Å². The van der Waals surface area contributed by atoms with Crippen LogP contribution in [0, 0.1) is 20.2 Å². The fourth-order valence-corrected chi connectivity index (χ4v) is 3.57. The maximum atomic E-state index is 12.5. The Morgan fingerprint density at radius 3 is 1.97 bits per heavy atom. The summed E-state index contributed by atoms with van der Waals surface area (Å²) in [4.78, 5) is 45.0. The molecule has 1 N–H and O–H groups in total. The molecule has 0 unspecified atom stereocenters. The molecule has 1 aliphatic rings. The highest BCUT2D eigenvalue weighted by molar-refractivity contribution is 6.08. The molecule has 10 heteroatoms. The van der Waals surface area contributed by atoms with Crippen LogP contribution in [0.25, 0.3) is 16.7 Å². The summed E-state index contributed by atoms with van der Waals surface area (Å²) in [6.07, 6.45) is 3.68. The number of fused-ring (bicyclic) bond motifs is 3. The SMILES string of the molecule is COC(=O)CCCCCNC(=O)C=C1c2cc([N+](=O)[O-])ccc2-c2ccc([N+](=O)[O-])cc21. The number of amides is 1. The van der Waals surface area contributed by atoms with E-state index in [-0.39, 0.29) is 17.3 Å². The largest absolute Gasteiger partial charge is 0.469 e. The van der Waals surface area contributed by atoms with E-state index < -0.39 is 15.8 Å². The van der Waals surface area contributed by atoms with Gasteiger partial charge < -0.3 is 10.1 Å². The second-order valence-electron chi connectivity index (χ2n) is 7.21. The summed E-state index contributed by atoms with van der Waals surface area (Å²) in [5.41, 5.74) is 2.41. The minimum absolute atomic E-state index is 0.136. The first-order valence-electron chi connectivity index (χ1n) is 9.96. The topological polar surface area (TPSA) is 142 Å². The van der Waals surface area contributed by atoms with Gasteiger partial charge in [0.15, 0.2) is 0 Å². The van der Waals surface area contributed by atoms with Gasteiger partial charge in [-0.05, 0) is 52.8 Å². The van der Waals surface area contributed by atoms with Crippen LogP contribution in [0.5, 0.6) is 0 Å².